The second kappa shape index (κ2) is 10.6. The van der Waals surface area contributed by atoms with Gasteiger partial charge in [0.25, 0.3) is 0 Å². The molecule has 6 nitrogen and oxygen atoms in total. The quantitative estimate of drug-likeness (QED) is 0.421. The fraction of sp³-hybridized carbons (Fsp3) is 0.310. The molecule has 3 aromatic rings. The number of piperidine rings is 1. The van der Waals surface area contributed by atoms with Crippen molar-refractivity contribution in [2.24, 2.45) is 0 Å². The number of ether oxygens (including phenoxy) is 1. The minimum absolute atomic E-state index is 0.0681. The Kier molecular flexibility index (Phi) is 7.14. The monoisotopic (exact) mass is 504 g/mol. The second-order valence-electron chi connectivity index (χ2n) is 9.39. The molecule has 0 radical (unpaired) electrons. The minimum atomic E-state index is -1.15. The van der Waals surface area contributed by atoms with Gasteiger partial charge in [-0.1, -0.05) is 66.2 Å². The number of benzene rings is 3. The summed E-state index contributed by atoms with van der Waals surface area (Å²) in [6, 6.07) is 20.7. The van der Waals surface area contributed by atoms with Crippen LogP contribution in [0.4, 0.5) is 10.5 Å². The van der Waals surface area contributed by atoms with Crippen LogP contribution in [0.5, 0.6) is 0 Å². The topological polar surface area (TPSA) is 78.9 Å². The third-order valence-corrected chi connectivity index (χ3v) is 7.47. The lowest BCUT2D eigenvalue weighted by Gasteiger charge is -2.29. The number of aliphatic carboxylic acids is 1. The number of carboxylic acids is 1. The fourth-order valence-corrected chi connectivity index (χ4v) is 5.50. The van der Waals surface area contributed by atoms with Crippen molar-refractivity contribution in [3.8, 4) is 11.1 Å². The normalized spacial score (nSPS) is 15.6. The second-order valence-corrected chi connectivity index (χ2v) is 9.80. The van der Waals surface area contributed by atoms with Gasteiger partial charge in [-0.2, -0.15) is 0 Å². The Bertz CT molecular complexity index is 1230. The van der Waals surface area contributed by atoms with Gasteiger partial charge in [0.1, 0.15) is 12.6 Å². The number of nitrogens with one attached hydrogen (secondary N) is 1. The van der Waals surface area contributed by atoms with E-state index < -0.39 is 18.1 Å². The summed E-state index contributed by atoms with van der Waals surface area (Å²) in [6.45, 7) is 2.12. The van der Waals surface area contributed by atoms with Crippen LogP contribution >= 0.6 is 11.6 Å². The Morgan fingerprint density at radius 2 is 1.61 bits per heavy atom. The lowest BCUT2D eigenvalue weighted by atomic mass is 9.98. The highest BCUT2D eigenvalue weighted by molar-refractivity contribution is 6.31. The lowest BCUT2D eigenvalue weighted by Crippen LogP contribution is -2.43. The van der Waals surface area contributed by atoms with Gasteiger partial charge in [0.2, 0.25) is 0 Å². The van der Waals surface area contributed by atoms with Crippen molar-refractivity contribution >= 4 is 29.4 Å². The molecule has 7 heteroatoms. The highest BCUT2D eigenvalue weighted by Crippen LogP contribution is 2.44. The first-order valence-corrected chi connectivity index (χ1v) is 12.8. The summed E-state index contributed by atoms with van der Waals surface area (Å²) >= 11 is 6.51. The average molecular weight is 505 g/mol. The molecule has 1 atom stereocenters. The van der Waals surface area contributed by atoms with Crippen molar-refractivity contribution in [3.05, 3.63) is 88.4 Å². The first-order chi connectivity index (χ1) is 17.5. The number of anilines is 1. The molecule has 2 aliphatic rings. The predicted molar refractivity (Wildman–Crippen MR) is 141 cm³/mol. The maximum absolute atomic E-state index is 12.6. The summed E-state index contributed by atoms with van der Waals surface area (Å²) < 4.78 is 5.53. The molecule has 0 saturated carbocycles. The van der Waals surface area contributed by atoms with Crippen LogP contribution in [0.1, 0.15) is 41.9 Å². The first kappa shape index (κ1) is 24.2. The molecule has 1 amide bonds. The van der Waals surface area contributed by atoms with Crippen LogP contribution in [0.15, 0.2) is 66.7 Å². The van der Waals surface area contributed by atoms with E-state index in [0.717, 1.165) is 53.9 Å². The molecule has 186 valence electrons. The number of fused-ring (bicyclic) bond motifs is 3. The van der Waals surface area contributed by atoms with E-state index in [4.69, 9.17) is 16.3 Å². The molecular formula is C29H29ClN2O4. The number of rotatable bonds is 7. The summed E-state index contributed by atoms with van der Waals surface area (Å²) in [7, 11) is 0. The van der Waals surface area contributed by atoms with Gasteiger partial charge in [-0.05, 0) is 59.2 Å². The molecule has 1 unspecified atom stereocenters. The van der Waals surface area contributed by atoms with E-state index in [1.165, 1.54) is 6.42 Å². The summed E-state index contributed by atoms with van der Waals surface area (Å²) in [5, 5.41) is 12.8. The molecule has 36 heavy (non-hydrogen) atoms. The Balaban J connectivity index is 1.23. The number of halogens is 1. The standard InChI is InChI=1S/C29H29ClN2O4/c30-26-17-20(32-14-6-1-7-15-32)13-12-19(26)16-27(28(33)34)31-29(35)36-18-25-23-10-4-2-8-21(23)22-9-3-5-11-24(22)25/h2-5,8-13,17,25,27H,1,6-7,14-16,18H2,(H,31,35)(H,33,34). The van der Waals surface area contributed by atoms with E-state index in [1.54, 1.807) is 0 Å². The van der Waals surface area contributed by atoms with Gasteiger partial charge in [0.15, 0.2) is 0 Å². The predicted octanol–water partition coefficient (Wildman–Crippen LogP) is 5.86. The molecule has 0 aromatic heterocycles. The highest BCUT2D eigenvalue weighted by Gasteiger charge is 2.30. The number of amides is 1. The third-order valence-electron chi connectivity index (χ3n) is 7.12. The SMILES string of the molecule is O=C(NC(Cc1ccc(N2CCCCC2)cc1Cl)C(=O)O)OCC1c2ccccc2-c2ccccc21. The molecular weight excluding hydrogens is 476 g/mol. The van der Waals surface area contributed by atoms with Gasteiger partial charge in [-0.3, -0.25) is 0 Å². The van der Waals surface area contributed by atoms with E-state index in [2.05, 4.69) is 22.3 Å². The summed E-state index contributed by atoms with van der Waals surface area (Å²) in [6.07, 6.45) is 2.86. The van der Waals surface area contributed by atoms with Crippen LogP contribution in [-0.4, -0.2) is 42.9 Å². The van der Waals surface area contributed by atoms with Crippen LogP contribution in [-0.2, 0) is 16.0 Å². The molecule has 3 aromatic carbocycles. The van der Waals surface area contributed by atoms with Crippen LogP contribution in [0.2, 0.25) is 5.02 Å². The number of hydrogen-bond donors (Lipinski definition) is 2. The van der Waals surface area contributed by atoms with Crippen LogP contribution in [0.25, 0.3) is 11.1 Å². The Morgan fingerprint density at radius 3 is 2.22 bits per heavy atom. The Morgan fingerprint density at radius 1 is 0.972 bits per heavy atom. The van der Waals surface area contributed by atoms with Crippen molar-refractivity contribution in [2.45, 2.75) is 37.6 Å². The molecule has 0 bridgehead atoms. The first-order valence-electron chi connectivity index (χ1n) is 12.4. The highest BCUT2D eigenvalue weighted by atomic mass is 35.5. The number of alkyl carbamates (subject to hydrolysis) is 1. The molecule has 1 heterocycles. The van der Waals surface area contributed by atoms with Gasteiger partial charge in [-0.15, -0.1) is 0 Å². The number of nitrogens with zero attached hydrogens (tertiary/aromatic N) is 1. The fourth-order valence-electron chi connectivity index (χ4n) is 5.25. The largest absolute Gasteiger partial charge is 0.480 e. The van der Waals surface area contributed by atoms with Crippen molar-refractivity contribution < 1.29 is 19.4 Å². The van der Waals surface area contributed by atoms with Gasteiger partial charge < -0.3 is 20.1 Å². The summed E-state index contributed by atoms with van der Waals surface area (Å²) in [4.78, 5) is 26.9. The zero-order valence-electron chi connectivity index (χ0n) is 20.0. The van der Waals surface area contributed by atoms with E-state index in [0.29, 0.717) is 10.6 Å². The molecule has 0 spiro atoms. The summed E-state index contributed by atoms with van der Waals surface area (Å²) in [5.41, 5.74) is 6.17. The van der Waals surface area contributed by atoms with E-state index >= 15 is 0 Å². The molecule has 2 N–H and O–H groups in total. The van der Waals surface area contributed by atoms with Crippen LogP contribution in [0.3, 0.4) is 0 Å². The number of hydrogen-bond acceptors (Lipinski definition) is 4. The average Bonchev–Trinajstić information content (AvgIpc) is 3.22. The van der Waals surface area contributed by atoms with Gasteiger partial charge in [0, 0.05) is 36.1 Å². The zero-order valence-corrected chi connectivity index (χ0v) is 20.7. The van der Waals surface area contributed by atoms with Gasteiger partial charge in [0.05, 0.1) is 0 Å². The Labute approximate surface area is 215 Å². The molecule has 1 aliphatic carbocycles. The lowest BCUT2D eigenvalue weighted by molar-refractivity contribution is -0.139. The van der Waals surface area contributed by atoms with Gasteiger partial charge >= 0.3 is 12.1 Å². The maximum Gasteiger partial charge on any atom is 0.407 e. The summed E-state index contributed by atoms with van der Waals surface area (Å²) in [5.74, 6) is -1.23. The van der Waals surface area contributed by atoms with Crippen molar-refractivity contribution in [1.82, 2.24) is 5.32 Å². The number of carbonyl (C=O) groups is 2. The van der Waals surface area contributed by atoms with Crippen LogP contribution in [0, 0.1) is 0 Å². The molecule has 1 saturated heterocycles. The molecule has 1 aliphatic heterocycles. The number of carboxylic acid groups (broad SMARTS) is 1. The smallest absolute Gasteiger partial charge is 0.407 e. The van der Waals surface area contributed by atoms with E-state index in [9.17, 15) is 14.7 Å². The van der Waals surface area contributed by atoms with Gasteiger partial charge in [-0.25, -0.2) is 9.59 Å². The minimum Gasteiger partial charge on any atom is -0.480 e. The van der Waals surface area contributed by atoms with Crippen LogP contribution < -0.4 is 10.2 Å². The zero-order chi connectivity index (χ0) is 25.1. The maximum atomic E-state index is 12.6. The van der Waals surface area contributed by atoms with Crippen molar-refractivity contribution in [2.75, 3.05) is 24.6 Å². The Hall–Kier alpha value is -3.51. The third kappa shape index (κ3) is 5.05. The molecule has 5 rings (SSSR count). The van der Waals surface area contributed by atoms with Crippen molar-refractivity contribution in [3.63, 3.8) is 0 Å². The van der Waals surface area contributed by atoms with E-state index in [1.807, 2.05) is 54.6 Å². The molecule has 1 fully saturated rings. The number of carbonyl (C=O) groups excluding carboxylic acids is 1. The van der Waals surface area contributed by atoms with Crippen molar-refractivity contribution in [1.29, 1.82) is 0 Å². The van der Waals surface area contributed by atoms with E-state index in [-0.39, 0.29) is 18.9 Å².